The minimum Gasteiger partial charge on any atom is -0.481 e. The molecule has 0 aliphatic carbocycles. The first-order chi connectivity index (χ1) is 8.47. The highest BCUT2D eigenvalue weighted by molar-refractivity contribution is 8.00. The van der Waals surface area contributed by atoms with Crippen LogP contribution >= 0.6 is 11.8 Å². The summed E-state index contributed by atoms with van der Waals surface area (Å²) in [7, 11) is 1.70. The molecule has 0 radical (unpaired) electrons. The van der Waals surface area contributed by atoms with E-state index in [9.17, 15) is 9.59 Å². The Morgan fingerprint density at radius 2 is 1.94 bits per heavy atom. The largest absolute Gasteiger partial charge is 0.481 e. The lowest BCUT2D eigenvalue weighted by atomic mass is 9.81. The van der Waals surface area contributed by atoms with Gasteiger partial charge in [-0.3, -0.25) is 9.59 Å². The lowest BCUT2D eigenvalue weighted by Gasteiger charge is -2.38. The molecule has 1 amide bonds. The second-order valence-electron chi connectivity index (χ2n) is 5.01. The third-order valence-corrected chi connectivity index (χ3v) is 4.17. The van der Waals surface area contributed by atoms with E-state index in [1.54, 1.807) is 7.11 Å². The van der Waals surface area contributed by atoms with E-state index in [1.165, 1.54) is 0 Å². The molecule has 0 aromatic rings. The number of amides is 1. The van der Waals surface area contributed by atoms with Crippen molar-refractivity contribution >= 4 is 23.6 Å². The van der Waals surface area contributed by atoms with Gasteiger partial charge in [-0.25, -0.2) is 0 Å². The molecule has 1 heterocycles. The quantitative estimate of drug-likeness (QED) is 0.785. The molecular formula is C12H21NO4S. The molecule has 1 aliphatic rings. The van der Waals surface area contributed by atoms with E-state index < -0.39 is 5.97 Å². The van der Waals surface area contributed by atoms with Gasteiger partial charge in [0.1, 0.15) is 0 Å². The number of thioether (sulfide) groups is 1. The molecule has 0 atom stereocenters. The fraction of sp³-hybridized carbons (Fsp3) is 0.833. The molecule has 1 rings (SSSR count). The number of hydrogen-bond donors (Lipinski definition) is 1. The molecule has 5 nitrogen and oxygen atoms in total. The van der Waals surface area contributed by atoms with Crippen LogP contribution in [-0.2, 0) is 14.3 Å². The second kappa shape index (κ2) is 6.99. The topological polar surface area (TPSA) is 66.8 Å². The minimum atomic E-state index is -0.876. The van der Waals surface area contributed by atoms with E-state index >= 15 is 0 Å². The third-order valence-electron chi connectivity index (χ3n) is 3.27. The van der Waals surface area contributed by atoms with Crippen LogP contribution in [0.15, 0.2) is 0 Å². The fourth-order valence-corrected chi connectivity index (χ4v) is 2.74. The van der Waals surface area contributed by atoms with Gasteiger partial charge in [0.25, 0.3) is 0 Å². The predicted molar refractivity (Wildman–Crippen MR) is 70.8 cm³/mol. The Labute approximate surface area is 112 Å². The van der Waals surface area contributed by atoms with Crippen molar-refractivity contribution in [3.8, 4) is 0 Å². The van der Waals surface area contributed by atoms with Crippen LogP contribution in [0.3, 0.4) is 0 Å². The molecule has 0 aromatic carbocycles. The second-order valence-corrected chi connectivity index (χ2v) is 6.00. The molecule has 1 saturated heterocycles. The van der Waals surface area contributed by atoms with E-state index in [0.29, 0.717) is 0 Å². The van der Waals surface area contributed by atoms with Crippen LogP contribution in [-0.4, -0.2) is 60.2 Å². The number of piperidine rings is 1. The van der Waals surface area contributed by atoms with E-state index in [2.05, 4.69) is 6.92 Å². The van der Waals surface area contributed by atoms with E-state index in [4.69, 9.17) is 9.84 Å². The highest BCUT2D eigenvalue weighted by atomic mass is 32.2. The van der Waals surface area contributed by atoms with E-state index in [1.807, 2.05) is 4.90 Å². The molecular weight excluding hydrogens is 254 g/mol. The molecule has 1 aliphatic heterocycles. The summed E-state index contributed by atoms with van der Waals surface area (Å²) in [5.74, 6) is -0.589. The lowest BCUT2D eigenvalue weighted by molar-refractivity contribution is -0.133. The Morgan fingerprint density at radius 1 is 1.33 bits per heavy atom. The number of rotatable bonds is 6. The van der Waals surface area contributed by atoms with Crippen molar-refractivity contribution in [1.82, 2.24) is 4.90 Å². The first kappa shape index (κ1) is 15.3. The average Bonchev–Trinajstić information content (AvgIpc) is 2.29. The van der Waals surface area contributed by atoms with E-state index in [-0.39, 0.29) is 22.8 Å². The summed E-state index contributed by atoms with van der Waals surface area (Å²) in [6.45, 7) is 4.39. The molecule has 0 spiro atoms. The van der Waals surface area contributed by atoms with Gasteiger partial charge in [0, 0.05) is 20.2 Å². The number of ether oxygens (including phenoxy) is 1. The summed E-state index contributed by atoms with van der Waals surface area (Å²) >= 11 is 1.16. The molecule has 0 aromatic heterocycles. The van der Waals surface area contributed by atoms with Crippen LogP contribution in [0.1, 0.15) is 19.8 Å². The van der Waals surface area contributed by atoms with Crippen molar-refractivity contribution in [2.24, 2.45) is 5.41 Å². The number of likely N-dealkylation sites (tertiary alicyclic amines) is 1. The maximum absolute atomic E-state index is 11.8. The predicted octanol–water partition coefficient (Wildman–Crippen LogP) is 1.08. The Hall–Kier alpha value is -0.750. The summed E-state index contributed by atoms with van der Waals surface area (Å²) in [5.41, 5.74) is 0.166. The molecule has 6 heteroatoms. The first-order valence-electron chi connectivity index (χ1n) is 6.03. The highest BCUT2D eigenvalue weighted by Gasteiger charge is 2.31. The monoisotopic (exact) mass is 275 g/mol. The lowest BCUT2D eigenvalue weighted by Crippen LogP contribution is -2.44. The van der Waals surface area contributed by atoms with Crippen LogP contribution in [0, 0.1) is 5.41 Å². The summed E-state index contributed by atoms with van der Waals surface area (Å²) in [5, 5.41) is 8.50. The van der Waals surface area contributed by atoms with Gasteiger partial charge >= 0.3 is 5.97 Å². The maximum atomic E-state index is 11.8. The van der Waals surface area contributed by atoms with Crippen molar-refractivity contribution in [1.29, 1.82) is 0 Å². The molecule has 0 bridgehead atoms. The molecule has 1 fully saturated rings. The smallest absolute Gasteiger partial charge is 0.313 e. The summed E-state index contributed by atoms with van der Waals surface area (Å²) in [6.07, 6.45) is 1.88. The van der Waals surface area contributed by atoms with Gasteiger partial charge in [-0.1, -0.05) is 6.92 Å². The van der Waals surface area contributed by atoms with E-state index in [0.717, 1.165) is 44.3 Å². The molecule has 0 saturated carbocycles. The number of hydrogen-bond acceptors (Lipinski definition) is 4. The number of carboxylic acid groups (broad SMARTS) is 1. The summed E-state index contributed by atoms with van der Waals surface area (Å²) in [6, 6.07) is 0. The Bertz CT molecular complexity index is 300. The average molecular weight is 275 g/mol. The molecule has 18 heavy (non-hydrogen) atoms. The van der Waals surface area contributed by atoms with Gasteiger partial charge in [0.05, 0.1) is 18.1 Å². The van der Waals surface area contributed by atoms with Crippen molar-refractivity contribution in [2.45, 2.75) is 19.8 Å². The SMILES string of the molecule is COCC1(C)CCN(C(=O)CSCC(=O)O)CC1. The normalized spacial score (nSPS) is 18.7. The maximum Gasteiger partial charge on any atom is 0.313 e. The van der Waals surface area contributed by atoms with Gasteiger partial charge in [-0.05, 0) is 18.3 Å². The van der Waals surface area contributed by atoms with Crippen LogP contribution in [0.4, 0.5) is 0 Å². The standard InChI is InChI=1S/C12H21NO4S/c1-12(9-17-2)3-5-13(6-4-12)10(14)7-18-8-11(15)16/h3-9H2,1-2H3,(H,15,16). The Morgan fingerprint density at radius 3 is 2.44 bits per heavy atom. The summed E-state index contributed by atoms with van der Waals surface area (Å²) < 4.78 is 5.20. The van der Waals surface area contributed by atoms with Crippen LogP contribution in [0.2, 0.25) is 0 Å². The van der Waals surface area contributed by atoms with Gasteiger partial charge in [-0.15, -0.1) is 11.8 Å². The molecule has 0 unspecified atom stereocenters. The number of nitrogens with zero attached hydrogens (tertiary/aromatic N) is 1. The van der Waals surface area contributed by atoms with Gasteiger partial charge in [0.2, 0.25) is 5.91 Å². The Balaban J connectivity index is 2.29. The van der Waals surface area contributed by atoms with Gasteiger partial charge in [0.15, 0.2) is 0 Å². The number of carbonyl (C=O) groups excluding carboxylic acids is 1. The van der Waals surface area contributed by atoms with Crippen LogP contribution < -0.4 is 0 Å². The van der Waals surface area contributed by atoms with Crippen molar-refractivity contribution in [3.63, 3.8) is 0 Å². The zero-order valence-corrected chi connectivity index (χ0v) is 11.8. The molecule has 104 valence electrons. The van der Waals surface area contributed by atoms with Crippen molar-refractivity contribution in [3.05, 3.63) is 0 Å². The van der Waals surface area contributed by atoms with Crippen molar-refractivity contribution < 1.29 is 19.4 Å². The van der Waals surface area contributed by atoms with Gasteiger partial charge < -0.3 is 14.7 Å². The number of carboxylic acids is 1. The van der Waals surface area contributed by atoms with Crippen molar-refractivity contribution in [2.75, 3.05) is 38.3 Å². The Kier molecular flexibility index (Phi) is 5.95. The fourth-order valence-electron chi connectivity index (χ4n) is 2.11. The minimum absolute atomic E-state index is 0.0129. The van der Waals surface area contributed by atoms with Gasteiger partial charge in [-0.2, -0.15) is 0 Å². The third kappa shape index (κ3) is 4.86. The highest BCUT2D eigenvalue weighted by Crippen LogP contribution is 2.31. The number of carbonyl (C=O) groups is 2. The summed E-state index contributed by atoms with van der Waals surface area (Å²) in [4.78, 5) is 24.0. The van der Waals surface area contributed by atoms with Crippen LogP contribution in [0.25, 0.3) is 0 Å². The number of methoxy groups -OCH3 is 1. The zero-order chi connectivity index (χ0) is 13.6. The molecule has 1 N–H and O–H groups in total. The zero-order valence-electron chi connectivity index (χ0n) is 11.0. The first-order valence-corrected chi connectivity index (χ1v) is 7.18. The number of aliphatic carboxylic acids is 1. The van der Waals surface area contributed by atoms with Crippen LogP contribution in [0.5, 0.6) is 0 Å².